The molecule has 3 rings (SSSR count). The lowest BCUT2D eigenvalue weighted by molar-refractivity contribution is -0.138. The Balaban J connectivity index is 2.10. The first-order valence-corrected chi connectivity index (χ1v) is 10.8. The van der Waals surface area contributed by atoms with Crippen LogP contribution in [0.25, 0.3) is 11.8 Å². The second-order valence-electron chi connectivity index (χ2n) is 8.55. The molecule has 2 heterocycles. The Bertz CT molecular complexity index is 1070. The van der Waals surface area contributed by atoms with Gasteiger partial charge in [-0.3, -0.25) is 4.79 Å². The largest absolute Gasteiger partial charge is 0.462 e. The monoisotopic (exact) mass is 420 g/mol. The molecular weight excluding hydrogens is 388 g/mol. The summed E-state index contributed by atoms with van der Waals surface area (Å²) in [7, 11) is 0. The molecule has 0 radical (unpaired) electrons. The van der Waals surface area contributed by atoms with E-state index in [2.05, 4.69) is 55.7 Å². The smallest absolute Gasteiger partial charge is 0.340 e. The minimum atomic E-state index is -0.446. The molecule has 0 bridgehead atoms. The van der Waals surface area contributed by atoms with E-state index in [1.54, 1.807) is 11.8 Å². The molecule has 5 heteroatoms. The zero-order valence-corrected chi connectivity index (χ0v) is 19.6. The summed E-state index contributed by atoms with van der Waals surface area (Å²) < 4.78 is 7.45. The van der Waals surface area contributed by atoms with Crippen LogP contribution in [0.15, 0.2) is 47.2 Å². The number of hydrogen-bond donors (Lipinski definition) is 0. The van der Waals surface area contributed by atoms with E-state index in [1.807, 2.05) is 26.8 Å². The van der Waals surface area contributed by atoms with Gasteiger partial charge in [0.2, 0.25) is 0 Å². The lowest BCUT2D eigenvalue weighted by atomic mass is 10.0. The van der Waals surface area contributed by atoms with Gasteiger partial charge in [-0.25, -0.2) is 4.79 Å². The van der Waals surface area contributed by atoms with Gasteiger partial charge >= 0.3 is 5.97 Å². The van der Waals surface area contributed by atoms with E-state index < -0.39 is 5.97 Å². The summed E-state index contributed by atoms with van der Waals surface area (Å²) in [6, 6.07) is 10.4. The number of rotatable bonds is 6. The fraction of sp³-hybridized carbons (Fsp3) is 0.385. The molecule has 1 aliphatic rings. The van der Waals surface area contributed by atoms with Gasteiger partial charge in [0.1, 0.15) is 0 Å². The third-order valence-electron chi connectivity index (χ3n) is 5.60. The fourth-order valence-electron chi connectivity index (χ4n) is 4.09. The molecule has 0 aliphatic carbocycles. The second-order valence-corrected chi connectivity index (χ2v) is 8.55. The van der Waals surface area contributed by atoms with Crippen molar-refractivity contribution >= 4 is 18.0 Å². The van der Waals surface area contributed by atoms with E-state index in [-0.39, 0.29) is 18.4 Å². The second kappa shape index (κ2) is 8.96. The number of benzene rings is 1. The summed E-state index contributed by atoms with van der Waals surface area (Å²) in [5.41, 5.74) is 6.71. The molecule has 0 spiro atoms. The third-order valence-corrected chi connectivity index (χ3v) is 5.60. The molecule has 0 saturated carbocycles. The van der Waals surface area contributed by atoms with Crippen LogP contribution in [0.5, 0.6) is 0 Å². The topological polar surface area (TPSA) is 51.5 Å². The first-order valence-electron chi connectivity index (χ1n) is 10.8. The average Bonchev–Trinajstić information content (AvgIpc) is 3.10. The van der Waals surface area contributed by atoms with E-state index in [0.717, 1.165) is 22.6 Å². The summed E-state index contributed by atoms with van der Waals surface area (Å²) in [6.07, 6.45) is 1.84. The summed E-state index contributed by atoms with van der Waals surface area (Å²) >= 11 is 0. The van der Waals surface area contributed by atoms with Crippen molar-refractivity contribution in [3.05, 3.63) is 69.7 Å². The van der Waals surface area contributed by atoms with E-state index in [1.165, 1.54) is 5.56 Å². The van der Waals surface area contributed by atoms with Gasteiger partial charge in [-0.1, -0.05) is 31.5 Å². The van der Waals surface area contributed by atoms with Crippen molar-refractivity contribution in [1.82, 2.24) is 9.47 Å². The van der Waals surface area contributed by atoms with Gasteiger partial charge in [-0.2, -0.15) is 0 Å². The van der Waals surface area contributed by atoms with Crippen LogP contribution in [-0.4, -0.2) is 34.5 Å². The highest BCUT2D eigenvalue weighted by Gasteiger charge is 2.37. The number of carbonyl (C=O) groups is 2. The van der Waals surface area contributed by atoms with Crippen molar-refractivity contribution < 1.29 is 14.3 Å². The molecule has 0 atom stereocenters. The maximum absolute atomic E-state index is 13.3. The minimum Gasteiger partial charge on any atom is -0.462 e. The van der Waals surface area contributed by atoms with Crippen LogP contribution >= 0.6 is 0 Å². The number of esters is 1. The molecule has 31 heavy (non-hydrogen) atoms. The Morgan fingerprint density at radius 3 is 2.32 bits per heavy atom. The summed E-state index contributed by atoms with van der Waals surface area (Å²) in [4.78, 5) is 27.7. The normalized spacial score (nSPS) is 15.5. The van der Waals surface area contributed by atoms with Crippen LogP contribution in [0.2, 0.25) is 0 Å². The third kappa shape index (κ3) is 4.36. The number of hydrogen-bond acceptors (Lipinski definition) is 3. The summed E-state index contributed by atoms with van der Waals surface area (Å²) in [5.74, 6) is -0.305. The summed E-state index contributed by atoms with van der Waals surface area (Å²) in [6.45, 7) is 14.7. The van der Waals surface area contributed by atoms with Crippen LogP contribution in [0.1, 0.15) is 50.2 Å². The molecule has 0 N–H and O–H groups in total. The van der Waals surface area contributed by atoms with Crippen molar-refractivity contribution in [3.63, 3.8) is 0 Å². The molecule has 0 fully saturated rings. The predicted octanol–water partition coefficient (Wildman–Crippen LogP) is 5.12. The van der Waals surface area contributed by atoms with E-state index in [4.69, 9.17) is 4.74 Å². The Morgan fingerprint density at radius 2 is 1.74 bits per heavy atom. The lowest BCUT2D eigenvalue weighted by Crippen LogP contribution is -2.28. The van der Waals surface area contributed by atoms with Crippen LogP contribution in [0, 0.1) is 26.7 Å². The van der Waals surface area contributed by atoms with E-state index in [0.29, 0.717) is 23.4 Å². The number of allylic oxidation sites excluding steroid dienone is 1. The number of nitrogens with zero attached hydrogens (tertiary/aromatic N) is 2. The maximum Gasteiger partial charge on any atom is 0.340 e. The van der Waals surface area contributed by atoms with Crippen LogP contribution in [0.3, 0.4) is 0 Å². The Morgan fingerprint density at radius 1 is 1.10 bits per heavy atom. The average molecular weight is 421 g/mol. The number of ether oxygens (including phenoxy) is 1. The molecule has 0 unspecified atom stereocenters. The van der Waals surface area contributed by atoms with Gasteiger partial charge in [0.25, 0.3) is 5.91 Å². The van der Waals surface area contributed by atoms with Crippen molar-refractivity contribution in [3.8, 4) is 5.69 Å². The highest BCUT2D eigenvalue weighted by molar-refractivity contribution is 6.16. The molecule has 2 aromatic rings. The SMILES string of the molecule is CCOC(=O)C1=C(C)N(CC(C)C)C(=O)C1=Cc1cc(C)n(-c2ccc(C)cc2)c1C. The van der Waals surface area contributed by atoms with Gasteiger partial charge in [-0.15, -0.1) is 0 Å². The van der Waals surface area contributed by atoms with Crippen molar-refractivity contribution in [1.29, 1.82) is 0 Å². The van der Waals surface area contributed by atoms with Gasteiger partial charge in [0, 0.05) is 29.3 Å². The van der Waals surface area contributed by atoms with Crippen LogP contribution in [-0.2, 0) is 14.3 Å². The Hall–Kier alpha value is -3.08. The van der Waals surface area contributed by atoms with Gasteiger partial charge in [0.15, 0.2) is 0 Å². The molecule has 5 nitrogen and oxygen atoms in total. The number of carbonyl (C=O) groups excluding carboxylic acids is 2. The van der Waals surface area contributed by atoms with Gasteiger partial charge in [0.05, 0.1) is 17.8 Å². The molecule has 1 aromatic heterocycles. The van der Waals surface area contributed by atoms with E-state index in [9.17, 15) is 9.59 Å². The van der Waals surface area contributed by atoms with Gasteiger partial charge in [-0.05, 0) is 70.4 Å². The molecule has 0 saturated heterocycles. The molecular formula is C26H32N2O3. The Labute approximate surface area is 185 Å². The Kier molecular flexibility index (Phi) is 6.54. The summed E-state index contributed by atoms with van der Waals surface area (Å²) in [5, 5.41) is 0. The van der Waals surface area contributed by atoms with Crippen molar-refractivity contribution in [2.75, 3.05) is 13.2 Å². The number of aryl methyl sites for hydroxylation is 2. The first kappa shape index (κ1) is 22.6. The van der Waals surface area contributed by atoms with E-state index >= 15 is 0 Å². The minimum absolute atomic E-state index is 0.144. The molecule has 1 amide bonds. The number of aromatic nitrogens is 1. The van der Waals surface area contributed by atoms with Gasteiger partial charge < -0.3 is 14.2 Å². The van der Waals surface area contributed by atoms with Crippen molar-refractivity contribution in [2.45, 2.75) is 48.5 Å². The zero-order valence-electron chi connectivity index (χ0n) is 19.6. The highest BCUT2D eigenvalue weighted by Crippen LogP contribution is 2.33. The van der Waals surface area contributed by atoms with Crippen LogP contribution in [0.4, 0.5) is 0 Å². The predicted molar refractivity (Wildman–Crippen MR) is 124 cm³/mol. The number of amides is 1. The first-order chi connectivity index (χ1) is 14.6. The molecule has 1 aliphatic heterocycles. The van der Waals surface area contributed by atoms with Crippen molar-refractivity contribution in [2.24, 2.45) is 5.92 Å². The standard InChI is InChI=1S/C26H32N2O3/c1-8-31-26(30)24-20(7)27(15-16(2)3)25(29)23(24)14-21-13-18(5)28(19(21)6)22-11-9-17(4)10-12-22/h9-14,16H,8,15H2,1-7H3. The highest BCUT2D eigenvalue weighted by atomic mass is 16.5. The zero-order chi connectivity index (χ0) is 22.9. The lowest BCUT2D eigenvalue weighted by Gasteiger charge is -2.19. The molecule has 164 valence electrons. The maximum atomic E-state index is 13.3. The quantitative estimate of drug-likeness (QED) is 0.481. The fourth-order valence-corrected chi connectivity index (χ4v) is 4.09. The van der Waals surface area contributed by atoms with Crippen LogP contribution < -0.4 is 0 Å². The molecule has 1 aromatic carbocycles.